The normalized spacial score (nSPS) is 21.8. The lowest BCUT2D eigenvalue weighted by Gasteiger charge is -2.26. The van der Waals surface area contributed by atoms with Gasteiger partial charge < -0.3 is 4.74 Å². The Kier molecular flexibility index (Phi) is 4.44. The van der Waals surface area contributed by atoms with Crippen molar-refractivity contribution in [2.75, 3.05) is 0 Å². The molecule has 116 valence electrons. The van der Waals surface area contributed by atoms with E-state index in [1.165, 1.54) is 12.2 Å². The van der Waals surface area contributed by atoms with Gasteiger partial charge in [-0.1, -0.05) is 12.2 Å². The van der Waals surface area contributed by atoms with E-state index in [2.05, 4.69) is 4.74 Å². The summed E-state index contributed by atoms with van der Waals surface area (Å²) in [5.41, 5.74) is 0. The highest BCUT2D eigenvalue weighted by molar-refractivity contribution is 7.86. The van der Waals surface area contributed by atoms with Gasteiger partial charge in [-0.05, 0) is 12.8 Å². The van der Waals surface area contributed by atoms with Gasteiger partial charge in [0.15, 0.2) is 0 Å². The molecular weight excluding hydrogens is 315 g/mol. The van der Waals surface area contributed by atoms with Crippen LogP contribution in [0.4, 0.5) is 22.0 Å². The van der Waals surface area contributed by atoms with Crippen LogP contribution in [0.15, 0.2) is 12.2 Å². The molecule has 0 bridgehead atoms. The highest BCUT2D eigenvalue weighted by Gasteiger charge is 2.66. The molecule has 0 fully saturated rings. The van der Waals surface area contributed by atoms with Crippen molar-refractivity contribution in [2.45, 2.75) is 30.4 Å². The lowest BCUT2D eigenvalue weighted by Crippen LogP contribution is -2.52. The number of esters is 1. The van der Waals surface area contributed by atoms with Crippen LogP contribution in [0.2, 0.25) is 0 Å². The number of hydrogen-bond acceptors (Lipinski definition) is 4. The van der Waals surface area contributed by atoms with Gasteiger partial charge in [-0.2, -0.15) is 30.4 Å². The second-order valence-electron chi connectivity index (χ2n) is 4.01. The SMILES string of the molecule is O=C(OC(C(F)(F)F)C(F)(F)S(=O)(=O)O)C1C=CCC1. The first-order chi connectivity index (χ1) is 8.87. The molecule has 0 aliphatic heterocycles. The molecule has 0 saturated heterocycles. The molecule has 20 heavy (non-hydrogen) atoms. The third-order valence-corrected chi connectivity index (χ3v) is 3.40. The minimum Gasteiger partial charge on any atom is -0.444 e. The van der Waals surface area contributed by atoms with Gasteiger partial charge in [0.2, 0.25) is 0 Å². The highest BCUT2D eigenvalue weighted by Crippen LogP contribution is 2.38. The van der Waals surface area contributed by atoms with E-state index in [9.17, 15) is 35.2 Å². The van der Waals surface area contributed by atoms with E-state index in [-0.39, 0.29) is 6.42 Å². The average molecular weight is 324 g/mol. The minimum absolute atomic E-state index is 0.0703. The summed E-state index contributed by atoms with van der Waals surface area (Å²) < 4.78 is 95.9. The minimum atomic E-state index is -6.40. The monoisotopic (exact) mass is 324 g/mol. The predicted molar refractivity (Wildman–Crippen MR) is 54.3 cm³/mol. The first-order valence-corrected chi connectivity index (χ1v) is 6.60. The molecule has 0 aromatic carbocycles. The van der Waals surface area contributed by atoms with Crippen LogP contribution in [0.5, 0.6) is 0 Å². The summed E-state index contributed by atoms with van der Waals surface area (Å²) in [4.78, 5) is 11.3. The second kappa shape index (κ2) is 5.28. The molecule has 0 aromatic heterocycles. The number of rotatable bonds is 4. The Labute approximate surface area is 110 Å². The number of alkyl halides is 5. The third kappa shape index (κ3) is 3.45. The largest absolute Gasteiger partial charge is 0.444 e. The molecule has 5 nitrogen and oxygen atoms in total. The molecule has 0 spiro atoms. The lowest BCUT2D eigenvalue weighted by atomic mass is 10.1. The zero-order chi connectivity index (χ0) is 15.8. The van der Waals surface area contributed by atoms with Crippen LogP contribution in [0, 0.1) is 5.92 Å². The van der Waals surface area contributed by atoms with Crippen LogP contribution in [0.25, 0.3) is 0 Å². The number of carbonyl (C=O) groups excluding carboxylic acids is 1. The maximum Gasteiger partial charge on any atom is 0.432 e. The smallest absolute Gasteiger partial charge is 0.432 e. The van der Waals surface area contributed by atoms with Gasteiger partial charge in [-0.3, -0.25) is 9.35 Å². The Morgan fingerprint density at radius 2 is 1.85 bits per heavy atom. The van der Waals surface area contributed by atoms with Crippen molar-refractivity contribution in [3.05, 3.63) is 12.2 Å². The molecule has 0 amide bonds. The van der Waals surface area contributed by atoms with Gasteiger partial charge in [-0.15, -0.1) is 0 Å². The topological polar surface area (TPSA) is 80.7 Å². The fraction of sp³-hybridized carbons (Fsp3) is 0.667. The van der Waals surface area contributed by atoms with Crippen molar-refractivity contribution in [1.29, 1.82) is 0 Å². The summed E-state index contributed by atoms with van der Waals surface area (Å²) in [7, 11) is -6.40. The molecule has 1 aliphatic rings. The first kappa shape index (κ1) is 16.8. The van der Waals surface area contributed by atoms with Crippen LogP contribution in [-0.2, 0) is 19.6 Å². The summed E-state index contributed by atoms with van der Waals surface area (Å²) in [5, 5.41) is -5.69. The Morgan fingerprint density at radius 3 is 2.20 bits per heavy atom. The zero-order valence-electron chi connectivity index (χ0n) is 9.60. The maximum atomic E-state index is 13.1. The average Bonchev–Trinajstić information content (AvgIpc) is 2.75. The number of ether oxygens (including phenoxy) is 1. The fourth-order valence-electron chi connectivity index (χ4n) is 1.49. The predicted octanol–water partition coefficient (Wildman–Crippen LogP) is 1.91. The van der Waals surface area contributed by atoms with E-state index in [1.807, 2.05) is 0 Å². The van der Waals surface area contributed by atoms with Gasteiger partial charge >= 0.3 is 27.5 Å². The molecule has 0 saturated carbocycles. The summed E-state index contributed by atoms with van der Waals surface area (Å²) in [6.07, 6.45) is -7.11. The molecule has 0 heterocycles. The van der Waals surface area contributed by atoms with Crippen LogP contribution in [0.3, 0.4) is 0 Å². The molecule has 2 atom stereocenters. The van der Waals surface area contributed by atoms with Crippen molar-refractivity contribution in [1.82, 2.24) is 0 Å². The van der Waals surface area contributed by atoms with Crippen LogP contribution in [-0.4, -0.2) is 36.5 Å². The van der Waals surface area contributed by atoms with Gasteiger partial charge in [0.1, 0.15) is 0 Å². The highest BCUT2D eigenvalue weighted by atomic mass is 32.2. The number of halogens is 5. The molecule has 11 heteroatoms. The number of hydrogen-bond donors (Lipinski definition) is 1. The molecule has 1 rings (SSSR count). The van der Waals surface area contributed by atoms with Gasteiger partial charge in [0, 0.05) is 0 Å². The molecular formula is C9H9F5O5S. The first-order valence-electron chi connectivity index (χ1n) is 5.16. The van der Waals surface area contributed by atoms with Crippen molar-refractivity contribution < 1.29 is 44.5 Å². The van der Waals surface area contributed by atoms with E-state index in [4.69, 9.17) is 4.55 Å². The van der Waals surface area contributed by atoms with Gasteiger partial charge in [0.25, 0.3) is 6.10 Å². The molecule has 2 unspecified atom stereocenters. The Balaban J connectivity index is 3.03. The van der Waals surface area contributed by atoms with E-state index in [0.29, 0.717) is 6.42 Å². The van der Waals surface area contributed by atoms with Crippen molar-refractivity contribution in [2.24, 2.45) is 5.92 Å². The number of carbonyl (C=O) groups is 1. The second-order valence-corrected chi connectivity index (χ2v) is 5.50. The van der Waals surface area contributed by atoms with Crippen LogP contribution in [0.1, 0.15) is 12.8 Å². The Bertz CT molecular complexity index is 509. The molecule has 1 aliphatic carbocycles. The van der Waals surface area contributed by atoms with E-state index < -0.39 is 39.5 Å². The van der Waals surface area contributed by atoms with Crippen molar-refractivity contribution in [3.8, 4) is 0 Å². The van der Waals surface area contributed by atoms with E-state index in [1.54, 1.807) is 0 Å². The fourth-order valence-corrected chi connectivity index (χ4v) is 1.95. The zero-order valence-corrected chi connectivity index (χ0v) is 10.4. The molecule has 1 N–H and O–H groups in total. The quantitative estimate of drug-likeness (QED) is 0.370. The maximum absolute atomic E-state index is 13.1. The Hall–Kier alpha value is -1.23. The van der Waals surface area contributed by atoms with Gasteiger partial charge in [0.05, 0.1) is 5.92 Å². The van der Waals surface area contributed by atoms with Crippen LogP contribution < -0.4 is 0 Å². The summed E-state index contributed by atoms with van der Waals surface area (Å²) in [5.74, 6) is -2.79. The van der Waals surface area contributed by atoms with Crippen LogP contribution >= 0.6 is 0 Å². The third-order valence-electron chi connectivity index (χ3n) is 2.50. The number of allylic oxidation sites excluding steroid dienone is 1. The summed E-state index contributed by atoms with van der Waals surface area (Å²) in [6, 6.07) is 0. The summed E-state index contributed by atoms with van der Waals surface area (Å²) >= 11 is 0. The van der Waals surface area contributed by atoms with Crippen molar-refractivity contribution >= 4 is 16.1 Å². The lowest BCUT2D eigenvalue weighted by molar-refractivity contribution is -0.260. The van der Waals surface area contributed by atoms with E-state index in [0.717, 1.165) is 0 Å². The Morgan fingerprint density at radius 1 is 1.30 bits per heavy atom. The van der Waals surface area contributed by atoms with Crippen molar-refractivity contribution in [3.63, 3.8) is 0 Å². The van der Waals surface area contributed by atoms with Gasteiger partial charge in [-0.25, -0.2) is 0 Å². The standard InChI is InChI=1S/C9H9F5O5S/c10-8(11,12)7(9(13,14)20(16,17)18)19-6(15)5-3-1-2-4-5/h1,3,5,7H,2,4H2,(H,16,17,18). The summed E-state index contributed by atoms with van der Waals surface area (Å²) in [6.45, 7) is 0. The molecule has 0 radical (unpaired) electrons. The van der Waals surface area contributed by atoms with E-state index >= 15 is 0 Å². The molecule has 0 aromatic rings.